The molecule has 144 valence electrons. The van der Waals surface area contributed by atoms with Crippen LogP contribution in [0.25, 0.3) is 21.8 Å². The van der Waals surface area contributed by atoms with Crippen LogP contribution < -0.4 is 5.32 Å². The average Bonchev–Trinajstić information content (AvgIpc) is 2.98. The number of aliphatic hydroxyl groups excluding tert-OH is 1. The highest BCUT2D eigenvalue weighted by Crippen LogP contribution is 2.30. The van der Waals surface area contributed by atoms with Crippen molar-refractivity contribution in [2.75, 3.05) is 13.1 Å². The Morgan fingerprint density at radius 3 is 2.07 bits per heavy atom. The molecule has 4 aromatic rings. The van der Waals surface area contributed by atoms with Gasteiger partial charge in [-0.2, -0.15) is 0 Å². The smallest absolute Gasteiger partial charge is 0.123 e. The lowest BCUT2D eigenvalue weighted by molar-refractivity contribution is 0.154. The summed E-state index contributed by atoms with van der Waals surface area (Å²) in [5.74, 6) is -0.724. The van der Waals surface area contributed by atoms with E-state index in [0.29, 0.717) is 23.9 Å². The van der Waals surface area contributed by atoms with Crippen LogP contribution >= 0.6 is 0 Å². The molecule has 5 heteroatoms. The van der Waals surface area contributed by atoms with Crippen LogP contribution in [0.4, 0.5) is 8.78 Å². The highest BCUT2D eigenvalue weighted by molar-refractivity contribution is 6.08. The van der Waals surface area contributed by atoms with Gasteiger partial charge in [-0.3, -0.25) is 0 Å². The van der Waals surface area contributed by atoms with Crippen molar-refractivity contribution in [3.63, 3.8) is 0 Å². The fourth-order valence-corrected chi connectivity index (χ4v) is 3.67. The number of nitrogens with zero attached hydrogens (tertiary/aromatic N) is 1. The minimum atomic E-state index is -0.621. The Balaban J connectivity index is 1.49. The number of benzene rings is 3. The van der Waals surface area contributed by atoms with E-state index >= 15 is 0 Å². The van der Waals surface area contributed by atoms with Gasteiger partial charge in [-0.25, -0.2) is 8.78 Å². The van der Waals surface area contributed by atoms with Crippen LogP contribution in [0.5, 0.6) is 0 Å². The van der Waals surface area contributed by atoms with Gasteiger partial charge in [0, 0.05) is 28.4 Å². The van der Waals surface area contributed by atoms with E-state index < -0.39 is 6.10 Å². The zero-order valence-corrected chi connectivity index (χ0v) is 15.4. The van der Waals surface area contributed by atoms with E-state index in [4.69, 9.17) is 0 Å². The van der Waals surface area contributed by atoms with Crippen molar-refractivity contribution in [2.45, 2.75) is 19.1 Å². The number of aliphatic hydroxyl groups is 1. The van der Waals surface area contributed by atoms with E-state index in [1.54, 1.807) is 12.1 Å². The monoisotopic (exact) mass is 380 g/mol. The molecule has 3 aromatic carbocycles. The molecule has 0 bridgehead atoms. The molecular formula is C23H22F2N2O. The van der Waals surface area contributed by atoms with Gasteiger partial charge in [0.1, 0.15) is 11.6 Å². The molecule has 0 radical (unpaired) electrons. The maximum absolute atomic E-state index is 13.7. The SMILES string of the molecule is OC(CNCCc1ccccc1)Cn1c2ccc(F)cc2c2cc(F)ccc21. The van der Waals surface area contributed by atoms with Crippen molar-refractivity contribution in [3.8, 4) is 0 Å². The van der Waals surface area contributed by atoms with Crippen LogP contribution in [0.15, 0.2) is 66.7 Å². The van der Waals surface area contributed by atoms with E-state index in [9.17, 15) is 13.9 Å². The molecule has 0 aliphatic heterocycles. The number of fused-ring (bicyclic) bond motifs is 3. The lowest BCUT2D eigenvalue weighted by atomic mass is 10.1. The highest BCUT2D eigenvalue weighted by Gasteiger charge is 2.15. The van der Waals surface area contributed by atoms with Crippen LogP contribution in [0.2, 0.25) is 0 Å². The quantitative estimate of drug-likeness (QED) is 0.470. The summed E-state index contributed by atoms with van der Waals surface area (Å²) in [6.07, 6.45) is 0.270. The summed E-state index contributed by atoms with van der Waals surface area (Å²) in [6.45, 7) is 1.55. The Morgan fingerprint density at radius 1 is 0.857 bits per heavy atom. The summed E-state index contributed by atoms with van der Waals surface area (Å²) in [5.41, 5.74) is 2.81. The van der Waals surface area contributed by atoms with Crippen molar-refractivity contribution in [1.82, 2.24) is 9.88 Å². The third-order valence-corrected chi connectivity index (χ3v) is 5.00. The first kappa shape index (κ1) is 18.6. The van der Waals surface area contributed by atoms with Gasteiger partial charge in [-0.05, 0) is 54.9 Å². The fourth-order valence-electron chi connectivity index (χ4n) is 3.67. The maximum atomic E-state index is 13.7. The van der Waals surface area contributed by atoms with Crippen molar-refractivity contribution in [2.24, 2.45) is 0 Å². The summed E-state index contributed by atoms with van der Waals surface area (Å²) in [4.78, 5) is 0. The van der Waals surface area contributed by atoms with E-state index in [1.807, 2.05) is 22.8 Å². The van der Waals surface area contributed by atoms with Crippen LogP contribution in [-0.4, -0.2) is 28.9 Å². The Hall–Kier alpha value is -2.76. The molecule has 0 aliphatic carbocycles. The molecule has 4 rings (SSSR count). The van der Waals surface area contributed by atoms with Gasteiger partial charge in [-0.1, -0.05) is 30.3 Å². The third kappa shape index (κ3) is 3.91. The molecule has 1 atom stereocenters. The summed E-state index contributed by atoms with van der Waals surface area (Å²) in [6, 6.07) is 19.1. The standard InChI is InChI=1S/C23H22F2N2O/c24-17-6-8-22-20(12-17)21-13-18(25)7-9-23(21)27(22)15-19(28)14-26-11-10-16-4-2-1-3-5-16/h1-9,12-13,19,26,28H,10-11,14-15H2. The number of aromatic nitrogens is 1. The Labute approximate surface area is 162 Å². The number of nitrogens with one attached hydrogen (secondary N) is 1. The molecule has 28 heavy (non-hydrogen) atoms. The number of rotatable bonds is 7. The van der Waals surface area contributed by atoms with Gasteiger partial charge in [0.05, 0.1) is 12.6 Å². The molecule has 1 aromatic heterocycles. The molecule has 0 fully saturated rings. The second-order valence-electron chi connectivity index (χ2n) is 7.03. The van der Waals surface area contributed by atoms with Gasteiger partial charge in [0.25, 0.3) is 0 Å². The largest absolute Gasteiger partial charge is 0.390 e. The Morgan fingerprint density at radius 2 is 1.46 bits per heavy atom. The molecule has 0 saturated heterocycles. The van der Waals surface area contributed by atoms with Crippen molar-refractivity contribution >= 4 is 21.8 Å². The molecule has 0 saturated carbocycles. The third-order valence-electron chi connectivity index (χ3n) is 5.00. The topological polar surface area (TPSA) is 37.2 Å². The zero-order valence-electron chi connectivity index (χ0n) is 15.4. The number of hydrogen-bond donors (Lipinski definition) is 2. The molecule has 0 amide bonds. The summed E-state index contributed by atoms with van der Waals surface area (Å²) >= 11 is 0. The Kier molecular flexibility index (Phi) is 5.37. The van der Waals surface area contributed by atoms with E-state index in [0.717, 1.165) is 24.0 Å². The minimum Gasteiger partial charge on any atom is -0.390 e. The fraction of sp³-hybridized carbons (Fsp3) is 0.217. The average molecular weight is 380 g/mol. The second kappa shape index (κ2) is 8.09. The molecule has 2 N–H and O–H groups in total. The van der Waals surface area contributed by atoms with Crippen LogP contribution in [0.3, 0.4) is 0 Å². The molecule has 1 unspecified atom stereocenters. The molecule has 1 heterocycles. The van der Waals surface area contributed by atoms with Crippen molar-refractivity contribution in [3.05, 3.63) is 83.9 Å². The molecule has 0 aliphatic rings. The van der Waals surface area contributed by atoms with Crippen LogP contribution in [0, 0.1) is 11.6 Å². The van der Waals surface area contributed by atoms with Gasteiger partial charge >= 0.3 is 0 Å². The summed E-state index contributed by atoms with van der Waals surface area (Å²) < 4.78 is 29.4. The lowest BCUT2D eigenvalue weighted by Crippen LogP contribution is -2.31. The minimum absolute atomic E-state index is 0.343. The van der Waals surface area contributed by atoms with Crippen LogP contribution in [0.1, 0.15) is 5.56 Å². The van der Waals surface area contributed by atoms with Crippen molar-refractivity contribution in [1.29, 1.82) is 0 Å². The number of halogens is 2. The highest BCUT2D eigenvalue weighted by atomic mass is 19.1. The summed E-state index contributed by atoms with van der Waals surface area (Å²) in [5, 5.41) is 15.1. The van der Waals surface area contributed by atoms with Crippen molar-refractivity contribution < 1.29 is 13.9 Å². The Bertz CT molecular complexity index is 1030. The van der Waals surface area contributed by atoms with Gasteiger partial charge in [0.15, 0.2) is 0 Å². The molecular weight excluding hydrogens is 358 g/mol. The molecule has 0 spiro atoms. The second-order valence-corrected chi connectivity index (χ2v) is 7.03. The van der Waals surface area contributed by atoms with Gasteiger partial charge in [0.2, 0.25) is 0 Å². The van der Waals surface area contributed by atoms with Gasteiger partial charge in [-0.15, -0.1) is 0 Å². The van der Waals surface area contributed by atoms with Gasteiger partial charge < -0.3 is 15.0 Å². The first-order valence-corrected chi connectivity index (χ1v) is 9.41. The van der Waals surface area contributed by atoms with E-state index in [2.05, 4.69) is 17.4 Å². The molecule has 3 nitrogen and oxygen atoms in total. The first-order valence-electron chi connectivity index (χ1n) is 9.41. The zero-order chi connectivity index (χ0) is 19.5. The summed E-state index contributed by atoms with van der Waals surface area (Å²) in [7, 11) is 0. The normalized spacial score (nSPS) is 12.7. The predicted molar refractivity (Wildman–Crippen MR) is 108 cm³/mol. The number of hydrogen-bond acceptors (Lipinski definition) is 2. The predicted octanol–water partition coefficient (Wildman–Crippen LogP) is 4.27. The lowest BCUT2D eigenvalue weighted by Gasteiger charge is -2.15. The van der Waals surface area contributed by atoms with E-state index in [-0.39, 0.29) is 11.6 Å². The van der Waals surface area contributed by atoms with E-state index in [1.165, 1.54) is 29.8 Å². The first-order chi connectivity index (χ1) is 13.6. The van der Waals surface area contributed by atoms with Crippen LogP contribution in [-0.2, 0) is 13.0 Å². The maximum Gasteiger partial charge on any atom is 0.123 e.